The van der Waals surface area contributed by atoms with Crippen LogP contribution in [0.3, 0.4) is 0 Å². The smallest absolute Gasteiger partial charge is 0.289 e. The van der Waals surface area contributed by atoms with Gasteiger partial charge in [0, 0.05) is 14.0 Å². The van der Waals surface area contributed by atoms with E-state index >= 15 is 0 Å². The summed E-state index contributed by atoms with van der Waals surface area (Å²) >= 11 is 0. The SMILES string of the molecule is Cn1cnc2c(C(C)(F)F)ncnc21. The van der Waals surface area contributed by atoms with Gasteiger partial charge in [0.15, 0.2) is 5.65 Å². The van der Waals surface area contributed by atoms with Gasteiger partial charge in [0.1, 0.15) is 17.5 Å². The normalized spacial score (nSPS) is 12.3. The van der Waals surface area contributed by atoms with Crippen LogP contribution < -0.4 is 0 Å². The quantitative estimate of drug-likeness (QED) is 0.697. The zero-order chi connectivity index (χ0) is 10.3. The summed E-state index contributed by atoms with van der Waals surface area (Å²) in [7, 11) is 1.69. The average Bonchev–Trinajstić information content (AvgIpc) is 2.46. The van der Waals surface area contributed by atoms with E-state index in [4.69, 9.17) is 0 Å². The van der Waals surface area contributed by atoms with Crippen LogP contribution >= 0.6 is 0 Å². The van der Waals surface area contributed by atoms with Gasteiger partial charge in [-0.25, -0.2) is 15.0 Å². The largest absolute Gasteiger partial charge is 0.318 e. The van der Waals surface area contributed by atoms with Crippen LogP contribution in [0.1, 0.15) is 12.6 Å². The number of aromatic nitrogens is 4. The summed E-state index contributed by atoms with van der Waals surface area (Å²) in [6.07, 6.45) is 2.56. The van der Waals surface area contributed by atoms with E-state index in [1.54, 1.807) is 11.6 Å². The van der Waals surface area contributed by atoms with E-state index in [-0.39, 0.29) is 11.2 Å². The fourth-order valence-electron chi connectivity index (χ4n) is 1.27. The molecule has 0 spiro atoms. The van der Waals surface area contributed by atoms with Gasteiger partial charge < -0.3 is 4.57 Å². The molecule has 0 radical (unpaired) electrons. The van der Waals surface area contributed by atoms with E-state index in [0.29, 0.717) is 5.65 Å². The van der Waals surface area contributed by atoms with Crippen LogP contribution in [0, 0.1) is 0 Å². The molecule has 0 aliphatic carbocycles. The lowest BCUT2D eigenvalue weighted by Gasteiger charge is -2.08. The molecule has 2 rings (SSSR count). The Labute approximate surface area is 78.6 Å². The highest BCUT2D eigenvalue weighted by Gasteiger charge is 2.30. The number of imidazole rings is 1. The van der Waals surface area contributed by atoms with Crippen LogP contribution in [0.25, 0.3) is 11.2 Å². The van der Waals surface area contributed by atoms with Crippen molar-refractivity contribution in [1.29, 1.82) is 0 Å². The summed E-state index contributed by atoms with van der Waals surface area (Å²) in [6, 6.07) is 0. The maximum atomic E-state index is 13.1. The van der Waals surface area contributed by atoms with E-state index < -0.39 is 5.92 Å². The van der Waals surface area contributed by atoms with E-state index in [9.17, 15) is 8.78 Å². The minimum atomic E-state index is -2.99. The molecule has 14 heavy (non-hydrogen) atoms. The maximum absolute atomic E-state index is 13.1. The number of hydrogen-bond acceptors (Lipinski definition) is 3. The first-order valence-electron chi connectivity index (χ1n) is 4.00. The second kappa shape index (κ2) is 2.70. The van der Waals surface area contributed by atoms with Crippen molar-refractivity contribution in [2.75, 3.05) is 0 Å². The zero-order valence-corrected chi connectivity index (χ0v) is 7.70. The number of fused-ring (bicyclic) bond motifs is 1. The molecular weight excluding hydrogens is 190 g/mol. The van der Waals surface area contributed by atoms with Gasteiger partial charge in [0.05, 0.1) is 6.33 Å². The third-order valence-electron chi connectivity index (χ3n) is 1.91. The van der Waals surface area contributed by atoms with E-state index in [1.807, 2.05) is 0 Å². The van der Waals surface area contributed by atoms with Crippen molar-refractivity contribution in [3.8, 4) is 0 Å². The standard InChI is InChI=1S/C8H8F2N4/c1-8(9,10)6-5-7(12-3-11-6)14(2)4-13-5/h3-4H,1-2H3. The molecule has 74 valence electrons. The van der Waals surface area contributed by atoms with Crippen molar-refractivity contribution in [3.63, 3.8) is 0 Å². The molecule has 0 saturated carbocycles. The third kappa shape index (κ3) is 1.23. The summed E-state index contributed by atoms with van der Waals surface area (Å²) in [5.74, 6) is -2.99. The third-order valence-corrected chi connectivity index (χ3v) is 1.91. The highest BCUT2D eigenvalue weighted by Crippen LogP contribution is 2.28. The average molecular weight is 198 g/mol. The summed E-state index contributed by atoms with van der Waals surface area (Å²) < 4.78 is 27.7. The first-order chi connectivity index (χ1) is 6.50. The number of alkyl halides is 2. The molecule has 0 N–H and O–H groups in total. The molecule has 6 heteroatoms. The summed E-state index contributed by atoms with van der Waals surface area (Å²) in [4.78, 5) is 11.3. The zero-order valence-electron chi connectivity index (χ0n) is 7.70. The Morgan fingerprint density at radius 3 is 2.64 bits per heavy atom. The molecular formula is C8H8F2N4. The molecule has 0 saturated heterocycles. The molecule has 4 nitrogen and oxygen atoms in total. The highest BCUT2D eigenvalue weighted by molar-refractivity contribution is 5.73. The molecule has 2 aromatic heterocycles. The Bertz CT molecular complexity index is 472. The van der Waals surface area contributed by atoms with Crippen LogP contribution in [0.15, 0.2) is 12.7 Å². The van der Waals surface area contributed by atoms with Gasteiger partial charge >= 0.3 is 0 Å². The van der Waals surface area contributed by atoms with Gasteiger partial charge in [-0.2, -0.15) is 8.78 Å². The van der Waals surface area contributed by atoms with Crippen molar-refractivity contribution in [2.24, 2.45) is 7.05 Å². The van der Waals surface area contributed by atoms with Crippen molar-refractivity contribution < 1.29 is 8.78 Å². The lowest BCUT2D eigenvalue weighted by Crippen LogP contribution is -2.11. The Morgan fingerprint density at radius 1 is 1.29 bits per heavy atom. The number of halogens is 2. The van der Waals surface area contributed by atoms with E-state index in [2.05, 4.69) is 15.0 Å². The number of rotatable bonds is 1. The molecule has 0 amide bonds. The minimum absolute atomic E-state index is 0.155. The van der Waals surface area contributed by atoms with E-state index in [0.717, 1.165) is 13.3 Å². The number of nitrogens with zero attached hydrogens (tertiary/aromatic N) is 4. The second-order valence-corrected chi connectivity index (χ2v) is 3.14. The lowest BCUT2D eigenvalue weighted by atomic mass is 10.2. The van der Waals surface area contributed by atoms with Crippen molar-refractivity contribution in [3.05, 3.63) is 18.3 Å². The predicted octanol–water partition coefficient (Wildman–Crippen LogP) is 1.47. The minimum Gasteiger partial charge on any atom is -0.318 e. The summed E-state index contributed by atoms with van der Waals surface area (Å²) in [6.45, 7) is 0.795. The van der Waals surface area contributed by atoms with Gasteiger partial charge in [-0.3, -0.25) is 0 Å². The van der Waals surface area contributed by atoms with Crippen LogP contribution in [0.2, 0.25) is 0 Å². The first kappa shape index (κ1) is 8.98. The topological polar surface area (TPSA) is 43.6 Å². The number of aryl methyl sites for hydroxylation is 1. The molecule has 0 atom stereocenters. The summed E-state index contributed by atoms with van der Waals surface area (Å²) in [5.41, 5.74) is 0.238. The number of hydrogen-bond donors (Lipinski definition) is 0. The molecule has 2 heterocycles. The predicted molar refractivity (Wildman–Crippen MR) is 45.9 cm³/mol. The van der Waals surface area contributed by atoms with Crippen molar-refractivity contribution in [2.45, 2.75) is 12.8 Å². The molecule has 0 bridgehead atoms. The monoisotopic (exact) mass is 198 g/mol. The first-order valence-corrected chi connectivity index (χ1v) is 4.00. The van der Waals surface area contributed by atoms with Crippen LogP contribution in [0.4, 0.5) is 8.78 Å². The van der Waals surface area contributed by atoms with Gasteiger partial charge in [0.2, 0.25) is 0 Å². The second-order valence-electron chi connectivity index (χ2n) is 3.14. The molecule has 0 unspecified atom stereocenters. The van der Waals surface area contributed by atoms with Crippen molar-refractivity contribution >= 4 is 11.2 Å². The molecule has 0 aliphatic rings. The van der Waals surface area contributed by atoms with Crippen LogP contribution in [-0.4, -0.2) is 19.5 Å². The molecule has 0 aromatic carbocycles. The van der Waals surface area contributed by atoms with E-state index in [1.165, 1.54) is 6.33 Å². The summed E-state index contributed by atoms with van der Waals surface area (Å²) in [5, 5.41) is 0. The maximum Gasteiger partial charge on any atom is 0.289 e. The Balaban J connectivity index is 2.79. The highest BCUT2D eigenvalue weighted by atomic mass is 19.3. The lowest BCUT2D eigenvalue weighted by molar-refractivity contribution is 0.0142. The fraction of sp³-hybridized carbons (Fsp3) is 0.375. The van der Waals surface area contributed by atoms with Gasteiger partial charge in [-0.05, 0) is 0 Å². The van der Waals surface area contributed by atoms with Crippen molar-refractivity contribution in [1.82, 2.24) is 19.5 Å². The Hall–Kier alpha value is -1.59. The Kier molecular flexibility index (Phi) is 1.73. The van der Waals surface area contributed by atoms with Gasteiger partial charge in [0.25, 0.3) is 5.92 Å². The molecule has 2 aromatic rings. The molecule has 0 fully saturated rings. The van der Waals surface area contributed by atoms with Crippen LogP contribution in [-0.2, 0) is 13.0 Å². The fourth-order valence-corrected chi connectivity index (χ4v) is 1.27. The molecule has 0 aliphatic heterocycles. The van der Waals surface area contributed by atoms with Gasteiger partial charge in [-0.15, -0.1) is 0 Å². The van der Waals surface area contributed by atoms with Gasteiger partial charge in [-0.1, -0.05) is 0 Å². The van der Waals surface area contributed by atoms with Crippen LogP contribution in [0.5, 0.6) is 0 Å². The Morgan fingerprint density at radius 2 is 2.00 bits per heavy atom.